The van der Waals surface area contributed by atoms with Crippen LogP contribution in [0.2, 0.25) is 5.02 Å². The molecule has 0 spiro atoms. The van der Waals surface area contributed by atoms with Gasteiger partial charge in [-0.1, -0.05) is 48.0 Å². The summed E-state index contributed by atoms with van der Waals surface area (Å²) in [5.74, 6) is 0.325. The molecule has 0 aliphatic carbocycles. The first-order chi connectivity index (χ1) is 18.1. The van der Waals surface area contributed by atoms with Crippen molar-refractivity contribution in [2.75, 3.05) is 6.54 Å². The first kappa shape index (κ1) is 27.5. The Kier molecular flexibility index (Phi) is 8.62. The molecule has 7 heteroatoms. The Morgan fingerprint density at radius 3 is 2.50 bits per heavy atom. The molecule has 200 valence electrons. The lowest BCUT2D eigenvalue weighted by atomic mass is 9.91. The number of carbonyl (C=O) groups excluding carboxylic acids is 1. The third-order valence-electron chi connectivity index (χ3n) is 6.49. The molecule has 6 nitrogen and oxygen atoms in total. The van der Waals surface area contributed by atoms with E-state index in [-0.39, 0.29) is 37.1 Å². The molecule has 0 radical (unpaired) electrons. The summed E-state index contributed by atoms with van der Waals surface area (Å²) in [6.45, 7) is 5.85. The Morgan fingerprint density at radius 1 is 1.05 bits per heavy atom. The molecule has 0 fully saturated rings. The minimum absolute atomic E-state index is 0.0232. The number of carboxylic acid groups (broad SMARTS) is 1. The molecule has 3 aromatic rings. The summed E-state index contributed by atoms with van der Waals surface area (Å²) in [5, 5.41) is 10.1. The van der Waals surface area contributed by atoms with Gasteiger partial charge < -0.3 is 19.5 Å². The van der Waals surface area contributed by atoms with E-state index in [1.54, 1.807) is 0 Å². The molecule has 1 amide bonds. The van der Waals surface area contributed by atoms with Gasteiger partial charge in [0.05, 0.1) is 6.10 Å². The highest BCUT2D eigenvalue weighted by Gasteiger charge is 2.35. The minimum Gasteiger partial charge on any atom is -0.491 e. The molecule has 0 unspecified atom stereocenters. The number of nitrogens with zero attached hydrogens (tertiary/aromatic N) is 1. The molecule has 1 aliphatic rings. The third kappa shape index (κ3) is 7.51. The van der Waals surface area contributed by atoms with Gasteiger partial charge >= 0.3 is 5.97 Å². The zero-order valence-electron chi connectivity index (χ0n) is 22.1. The van der Waals surface area contributed by atoms with Crippen LogP contribution in [0.5, 0.6) is 11.5 Å². The van der Waals surface area contributed by atoms with Gasteiger partial charge in [-0.25, -0.2) is 0 Å². The van der Waals surface area contributed by atoms with E-state index in [9.17, 15) is 14.7 Å². The number of benzene rings is 3. The number of carboxylic acids is 1. The minimum atomic E-state index is -1.04. The third-order valence-corrected chi connectivity index (χ3v) is 6.74. The van der Waals surface area contributed by atoms with E-state index in [0.717, 1.165) is 40.8 Å². The summed E-state index contributed by atoms with van der Waals surface area (Å²) in [6.07, 6.45) is 2.30. The molecule has 4 rings (SSSR count). The number of halogens is 1. The van der Waals surface area contributed by atoms with Crippen LogP contribution in [0, 0.1) is 0 Å². The van der Waals surface area contributed by atoms with E-state index in [1.807, 2.05) is 74.5 Å². The highest BCUT2D eigenvalue weighted by Crippen LogP contribution is 2.37. The molecule has 1 aliphatic heterocycles. The number of hydrogen-bond donors (Lipinski definition) is 1. The Morgan fingerprint density at radius 2 is 1.79 bits per heavy atom. The zero-order valence-corrected chi connectivity index (χ0v) is 22.8. The van der Waals surface area contributed by atoms with Crippen LogP contribution in [0.25, 0.3) is 0 Å². The van der Waals surface area contributed by atoms with Gasteiger partial charge in [-0.15, -0.1) is 0 Å². The fraction of sp³-hybridized carbons (Fsp3) is 0.355. The average Bonchev–Trinajstić information content (AvgIpc) is 3.18. The van der Waals surface area contributed by atoms with Crippen molar-refractivity contribution < 1.29 is 24.2 Å². The second-order valence-corrected chi connectivity index (χ2v) is 10.9. The second kappa shape index (κ2) is 11.9. The average molecular weight is 536 g/mol. The van der Waals surface area contributed by atoms with Gasteiger partial charge in [-0.2, -0.15) is 0 Å². The predicted octanol–water partition coefficient (Wildman–Crippen LogP) is 6.11. The molecule has 3 aromatic carbocycles. The van der Waals surface area contributed by atoms with E-state index in [0.29, 0.717) is 17.2 Å². The van der Waals surface area contributed by atoms with Gasteiger partial charge in [0.15, 0.2) is 0 Å². The Hall–Kier alpha value is -3.51. The fourth-order valence-corrected chi connectivity index (χ4v) is 5.00. The van der Waals surface area contributed by atoms with Gasteiger partial charge in [-0.05, 0) is 79.8 Å². The van der Waals surface area contributed by atoms with Gasteiger partial charge in [0, 0.05) is 30.8 Å². The molecule has 0 saturated carbocycles. The number of hydrogen-bond acceptors (Lipinski definition) is 4. The summed E-state index contributed by atoms with van der Waals surface area (Å²) in [6, 6.07) is 21.3. The van der Waals surface area contributed by atoms with Crippen LogP contribution in [0.15, 0.2) is 66.7 Å². The second-order valence-electron chi connectivity index (χ2n) is 10.4. The van der Waals surface area contributed by atoms with Crippen LogP contribution in [0.1, 0.15) is 49.4 Å². The maximum absolute atomic E-state index is 13.1. The molecule has 1 heterocycles. The van der Waals surface area contributed by atoms with Crippen molar-refractivity contribution in [2.24, 2.45) is 0 Å². The van der Waals surface area contributed by atoms with Crippen LogP contribution < -0.4 is 9.47 Å². The number of ether oxygens (including phenoxy) is 2. The fourth-order valence-electron chi connectivity index (χ4n) is 4.88. The number of aryl methyl sites for hydroxylation is 1. The summed E-state index contributed by atoms with van der Waals surface area (Å²) >= 11 is 6.02. The van der Waals surface area contributed by atoms with E-state index in [1.165, 1.54) is 4.90 Å². The van der Waals surface area contributed by atoms with E-state index in [4.69, 9.17) is 21.1 Å². The number of amides is 1. The molecular formula is C31H34ClNO5. The molecular weight excluding hydrogens is 502 g/mol. The van der Waals surface area contributed by atoms with E-state index in [2.05, 4.69) is 13.0 Å². The number of carbonyl (C=O) groups is 2. The zero-order chi connectivity index (χ0) is 27.3. The van der Waals surface area contributed by atoms with Gasteiger partial charge in [0.25, 0.3) is 0 Å². The lowest BCUT2D eigenvalue weighted by Gasteiger charge is -2.24. The van der Waals surface area contributed by atoms with Gasteiger partial charge in [0.2, 0.25) is 5.91 Å². The summed E-state index contributed by atoms with van der Waals surface area (Å²) in [5.41, 5.74) is 3.79. The van der Waals surface area contributed by atoms with Crippen molar-refractivity contribution in [1.29, 1.82) is 0 Å². The Bertz CT molecular complexity index is 1290. The monoisotopic (exact) mass is 535 g/mol. The van der Waals surface area contributed by atoms with Crippen LogP contribution in [-0.4, -0.2) is 40.1 Å². The molecule has 1 N–H and O–H groups in total. The summed E-state index contributed by atoms with van der Waals surface area (Å²) in [4.78, 5) is 26.0. The lowest BCUT2D eigenvalue weighted by Crippen LogP contribution is -2.35. The summed E-state index contributed by atoms with van der Waals surface area (Å²) < 4.78 is 12.0. The van der Waals surface area contributed by atoms with Gasteiger partial charge in [-0.3, -0.25) is 9.59 Å². The number of aliphatic carboxylic acids is 1. The molecule has 0 saturated heterocycles. The smallest absolute Gasteiger partial charge is 0.323 e. The topological polar surface area (TPSA) is 76.1 Å². The van der Waals surface area contributed by atoms with Crippen molar-refractivity contribution in [3.05, 3.63) is 94.0 Å². The van der Waals surface area contributed by atoms with E-state index >= 15 is 0 Å². The van der Waals surface area contributed by atoms with Crippen LogP contribution in [0.4, 0.5) is 0 Å². The largest absolute Gasteiger partial charge is 0.491 e. The quantitative estimate of drug-likeness (QED) is 0.320. The Labute approximate surface area is 229 Å². The standard InChI is InChI=1S/C31H34ClNO5/c1-21(2)37-27-6-4-5-24(16-27)19-33(20-30(35)36)29(34)14-10-22-9-13-28-25(15-22)18-31(3,38-28)17-23-7-11-26(32)12-8-23/h4-9,11-13,15-16,21H,10,14,17-20H2,1-3H3,(H,35,36)/t31-/m1/s1. The normalized spacial score (nSPS) is 16.1. The highest BCUT2D eigenvalue weighted by atomic mass is 35.5. The number of fused-ring (bicyclic) bond motifs is 1. The molecule has 38 heavy (non-hydrogen) atoms. The SMILES string of the molecule is CC(C)Oc1cccc(CN(CC(=O)O)C(=O)CCc2ccc3c(c2)C[C@@](C)(Cc2ccc(Cl)cc2)O3)c1. The Balaban J connectivity index is 1.38. The number of rotatable bonds is 11. The van der Waals surface area contributed by atoms with Crippen molar-refractivity contribution in [2.45, 2.75) is 64.7 Å². The van der Waals surface area contributed by atoms with Crippen LogP contribution in [0.3, 0.4) is 0 Å². The van der Waals surface area contributed by atoms with E-state index < -0.39 is 5.97 Å². The van der Waals surface area contributed by atoms with Crippen molar-refractivity contribution >= 4 is 23.5 Å². The summed E-state index contributed by atoms with van der Waals surface area (Å²) in [7, 11) is 0. The highest BCUT2D eigenvalue weighted by molar-refractivity contribution is 6.30. The van der Waals surface area contributed by atoms with Gasteiger partial charge in [0.1, 0.15) is 23.6 Å². The predicted molar refractivity (Wildman–Crippen MR) is 148 cm³/mol. The maximum Gasteiger partial charge on any atom is 0.323 e. The van der Waals surface area contributed by atoms with Crippen molar-refractivity contribution in [1.82, 2.24) is 4.90 Å². The first-order valence-electron chi connectivity index (χ1n) is 12.9. The van der Waals surface area contributed by atoms with Crippen molar-refractivity contribution in [3.8, 4) is 11.5 Å². The lowest BCUT2D eigenvalue weighted by molar-refractivity contribution is -0.144. The maximum atomic E-state index is 13.1. The van der Waals surface area contributed by atoms with Crippen LogP contribution in [-0.2, 0) is 35.4 Å². The molecule has 0 bridgehead atoms. The molecule has 0 aromatic heterocycles. The van der Waals surface area contributed by atoms with Crippen LogP contribution >= 0.6 is 11.6 Å². The van der Waals surface area contributed by atoms with Crippen molar-refractivity contribution in [3.63, 3.8) is 0 Å². The molecule has 1 atom stereocenters. The first-order valence-corrected chi connectivity index (χ1v) is 13.3.